The lowest BCUT2D eigenvalue weighted by atomic mass is 9.92. The van der Waals surface area contributed by atoms with Crippen LogP contribution in [0.15, 0.2) is 48.5 Å². The predicted octanol–water partition coefficient (Wildman–Crippen LogP) is 4.85. The Morgan fingerprint density at radius 1 is 0.957 bits per heavy atom. The standard InChI is InChI=1S/C20H26FNO/c1-15(2)16-5-7-17(8-6-16)18(14-22)4-3-13-23-20-11-9-19(21)10-12-20/h5-12,15,18H,3-4,13-14,22H2,1-2H3. The van der Waals surface area contributed by atoms with Gasteiger partial charge in [0.2, 0.25) is 0 Å². The summed E-state index contributed by atoms with van der Waals surface area (Å²) in [5.74, 6) is 1.36. The Labute approximate surface area is 138 Å². The monoisotopic (exact) mass is 315 g/mol. The van der Waals surface area contributed by atoms with Gasteiger partial charge in [0, 0.05) is 0 Å². The van der Waals surface area contributed by atoms with Crippen molar-refractivity contribution in [2.75, 3.05) is 13.2 Å². The van der Waals surface area contributed by atoms with Crippen molar-refractivity contribution in [3.05, 3.63) is 65.5 Å². The van der Waals surface area contributed by atoms with Crippen LogP contribution in [0.2, 0.25) is 0 Å². The van der Waals surface area contributed by atoms with E-state index in [0.717, 1.165) is 12.8 Å². The molecule has 124 valence electrons. The third kappa shape index (κ3) is 5.36. The Kier molecular flexibility index (Phi) is 6.60. The fourth-order valence-electron chi connectivity index (χ4n) is 2.62. The van der Waals surface area contributed by atoms with Gasteiger partial charge in [0.1, 0.15) is 11.6 Å². The quantitative estimate of drug-likeness (QED) is 0.707. The maximum absolute atomic E-state index is 12.8. The topological polar surface area (TPSA) is 35.2 Å². The molecule has 0 aromatic heterocycles. The average Bonchev–Trinajstić information content (AvgIpc) is 2.57. The summed E-state index contributed by atoms with van der Waals surface area (Å²) in [6.45, 7) is 5.65. The molecule has 0 saturated heterocycles. The number of benzene rings is 2. The molecule has 0 heterocycles. The lowest BCUT2D eigenvalue weighted by Crippen LogP contribution is -2.14. The van der Waals surface area contributed by atoms with Crippen molar-refractivity contribution in [3.63, 3.8) is 0 Å². The fraction of sp³-hybridized carbons (Fsp3) is 0.400. The fourth-order valence-corrected chi connectivity index (χ4v) is 2.62. The van der Waals surface area contributed by atoms with E-state index in [2.05, 4.69) is 38.1 Å². The van der Waals surface area contributed by atoms with E-state index in [4.69, 9.17) is 10.5 Å². The summed E-state index contributed by atoms with van der Waals surface area (Å²) in [7, 11) is 0. The Morgan fingerprint density at radius 3 is 2.13 bits per heavy atom. The molecule has 2 aromatic carbocycles. The van der Waals surface area contributed by atoms with Gasteiger partial charge >= 0.3 is 0 Å². The third-order valence-electron chi connectivity index (χ3n) is 4.14. The molecule has 0 fully saturated rings. The first kappa shape index (κ1) is 17.5. The summed E-state index contributed by atoms with van der Waals surface area (Å²) in [6, 6.07) is 14.9. The summed E-state index contributed by atoms with van der Waals surface area (Å²) in [5.41, 5.74) is 8.57. The molecule has 2 nitrogen and oxygen atoms in total. The third-order valence-corrected chi connectivity index (χ3v) is 4.14. The maximum Gasteiger partial charge on any atom is 0.123 e. The lowest BCUT2D eigenvalue weighted by molar-refractivity contribution is 0.301. The Balaban J connectivity index is 1.81. The van der Waals surface area contributed by atoms with E-state index in [9.17, 15) is 4.39 Å². The molecule has 0 bridgehead atoms. The molecule has 0 aliphatic carbocycles. The minimum Gasteiger partial charge on any atom is -0.494 e. The Hall–Kier alpha value is -1.87. The number of rotatable bonds is 8. The molecule has 0 amide bonds. The number of hydrogen-bond acceptors (Lipinski definition) is 2. The molecule has 1 atom stereocenters. The molecule has 0 aliphatic heterocycles. The molecule has 2 aromatic rings. The Morgan fingerprint density at radius 2 is 1.57 bits per heavy atom. The second kappa shape index (κ2) is 8.68. The van der Waals surface area contributed by atoms with E-state index in [-0.39, 0.29) is 5.82 Å². The van der Waals surface area contributed by atoms with E-state index in [1.165, 1.54) is 23.3 Å². The highest BCUT2D eigenvalue weighted by Crippen LogP contribution is 2.23. The van der Waals surface area contributed by atoms with Crippen LogP contribution in [0.4, 0.5) is 4.39 Å². The largest absolute Gasteiger partial charge is 0.494 e. The molecule has 0 saturated carbocycles. The first-order valence-electron chi connectivity index (χ1n) is 8.28. The van der Waals surface area contributed by atoms with Crippen molar-refractivity contribution in [3.8, 4) is 5.75 Å². The van der Waals surface area contributed by atoms with Crippen LogP contribution < -0.4 is 10.5 Å². The second-order valence-electron chi connectivity index (χ2n) is 6.20. The van der Waals surface area contributed by atoms with Gasteiger partial charge in [-0.25, -0.2) is 4.39 Å². The van der Waals surface area contributed by atoms with Gasteiger partial charge in [-0.05, 0) is 66.6 Å². The van der Waals surface area contributed by atoms with Gasteiger partial charge in [-0.15, -0.1) is 0 Å². The molecule has 2 rings (SSSR count). The maximum atomic E-state index is 12.8. The van der Waals surface area contributed by atoms with Gasteiger partial charge in [0.15, 0.2) is 0 Å². The van der Waals surface area contributed by atoms with E-state index in [0.29, 0.717) is 30.7 Å². The van der Waals surface area contributed by atoms with Crippen LogP contribution in [0.25, 0.3) is 0 Å². The van der Waals surface area contributed by atoms with E-state index >= 15 is 0 Å². The van der Waals surface area contributed by atoms with E-state index in [1.54, 1.807) is 12.1 Å². The molecule has 0 aliphatic rings. The van der Waals surface area contributed by atoms with Gasteiger partial charge in [-0.1, -0.05) is 38.1 Å². The van der Waals surface area contributed by atoms with Crippen molar-refractivity contribution in [2.24, 2.45) is 5.73 Å². The smallest absolute Gasteiger partial charge is 0.123 e. The molecular formula is C20H26FNO. The summed E-state index contributed by atoms with van der Waals surface area (Å²) < 4.78 is 18.5. The van der Waals surface area contributed by atoms with Crippen molar-refractivity contribution in [1.82, 2.24) is 0 Å². The van der Waals surface area contributed by atoms with Crippen molar-refractivity contribution in [1.29, 1.82) is 0 Å². The average molecular weight is 315 g/mol. The van der Waals surface area contributed by atoms with Crippen LogP contribution in [-0.2, 0) is 0 Å². The minimum atomic E-state index is -0.245. The molecule has 23 heavy (non-hydrogen) atoms. The number of halogens is 1. The van der Waals surface area contributed by atoms with Crippen LogP contribution in [-0.4, -0.2) is 13.2 Å². The summed E-state index contributed by atoms with van der Waals surface area (Å²) >= 11 is 0. The highest BCUT2D eigenvalue weighted by atomic mass is 19.1. The highest BCUT2D eigenvalue weighted by Gasteiger charge is 2.10. The highest BCUT2D eigenvalue weighted by molar-refractivity contribution is 5.27. The zero-order valence-electron chi connectivity index (χ0n) is 14.0. The molecule has 0 radical (unpaired) electrons. The van der Waals surface area contributed by atoms with Crippen molar-refractivity contribution < 1.29 is 9.13 Å². The van der Waals surface area contributed by atoms with Gasteiger partial charge in [-0.2, -0.15) is 0 Å². The lowest BCUT2D eigenvalue weighted by Gasteiger charge is -2.16. The van der Waals surface area contributed by atoms with Gasteiger partial charge < -0.3 is 10.5 Å². The molecule has 0 spiro atoms. The number of nitrogens with two attached hydrogens (primary N) is 1. The van der Waals surface area contributed by atoms with Gasteiger partial charge in [-0.3, -0.25) is 0 Å². The molecule has 1 unspecified atom stereocenters. The zero-order valence-corrected chi connectivity index (χ0v) is 14.0. The molecule has 3 heteroatoms. The second-order valence-corrected chi connectivity index (χ2v) is 6.20. The zero-order chi connectivity index (χ0) is 16.7. The van der Waals surface area contributed by atoms with Gasteiger partial charge in [0.05, 0.1) is 6.61 Å². The van der Waals surface area contributed by atoms with Crippen LogP contribution in [0.3, 0.4) is 0 Å². The summed E-state index contributed by atoms with van der Waals surface area (Å²) in [6.07, 6.45) is 1.91. The van der Waals surface area contributed by atoms with Crippen LogP contribution in [0, 0.1) is 5.82 Å². The number of ether oxygens (including phenoxy) is 1. The summed E-state index contributed by atoms with van der Waals surface area (Å²) in [5, 5.41) is 0. The van der Waals surface area contributed by atoms with Crippen LogP contribution in [0.1, 0.15) is 49.7 Å². The number of hydrogen-bond donors (Lipinski definition) is 1. The van der Waals surface area contributed by atoms with Crippen LogP contribution >= 0.6 is 0 Å². The van der Waals surface area contributed by atoms with E-state index < -0.39 is 0 Å². The van der Waals surface area contributed by atoms with Crippen molar-refractivity contribution in [2.45, 2.75) is 38.5 Å². The summed E-state index contributed by atoms with van der Waals surface area (Å²) in [4.78, 5) is 0. The van der Waals surface area contributed by atoms with Crippen molar-refractivity contribution >= 4 is 0 Å². The molecule has 2 N–H and O–H groups in total. The van der Waals surface area contributed by atoms with Crippen LogP contribution in [0.5, 0.6) is 5.75 Å². The Bertz CT molecular complexity index is 578. The first-order valence-corrected chi connectivity index (χ1v) is 8.28. The normalized spacial score (nSPS) is 12.4. The SMILES string of the molecule is CC(C)c1ccc(C(CN)CCCOc2ccc(F)cc2)cc1. The first-order chi connectivity index (χ1) is 11.1. The predicted molar refractivity (Wildman–Crippen MR) is 93.5 cm³/mol. The molecular weight excluding hydrogens is 289 g/mol. The van der Waals surface area contributed by atoms with E-state index in [1.807, 2.05) is 0 Å². The van der Waals surface area contributed by atoms with Gasteiger partial charge in [0.25, 0.3) is 0 Å². The minimum absolute atomic E-state index is 0.245.